The number of Topliss-reactive ketones (excluding diaryl/α,β-unsaturated/α-hetero) is 1. The number of ketones is 1. The predicted octanol–water partition coefficient (Wildman–Crippen LogP) is 3.74. The molecule has 0 aliphatic rings. The van der Waals surface area contributed by atoms with Crippen molar-refractivity contribution in [2.24, 2.45) is 0 Å². The number of carbonyl (C=O) groups excluding carboxylic acids is 1. The highest BCUT2D eigenvalue weighted by atomic mass is 79.9. The number of benzene rings is 1. The Hall–Kier alpha value is -2.08. The monoisotopic (exact) mass is 334 g/mol. The lowest BCUT2D eigenvalue weighted by molar-refractivity contribution is -0.385. The first-order valence-electron chi connectivity index (χ1n) is 5.89. The van der Waals surface area contributed by atoms with Gasteiger partial charge in [0, 0.05) is 28.4 Å². The molecule has 6 heteroatoms. The zero-order valence-corrected chi connectivity index (χ0v) is 12.2. The van der Waals surface area contributed by atoms with Gasteiger partial charge in [-0.15, -0.1) is 0 Å². The number of nitro benzene ring substituents is 1. The van der Waals surface area contributed by atoms with E-state index >= 15 is 0 Å². The van der Waals surface area contributed by atoms with Crippen LogP contribution in [0, 0.1) is 10.1 Å². The molecule has 1 unspecified atom stereocenters. The van der Waals surface area contributed by atoms with Crippen LogP contribution in [0.25, 0.3) is 0 Å². The Morgan fingerprint density at radius 3 is 2.70 bits per heavy atom. The number of carbonyl (C=O) groups is 1. The van der Waals surface area contributed by atoms with Gasteiger partial charge in [0.15, 0.2) is 5.78 Å². The van der Waals surface area contributed by atoms with Crippen LogP contribution in [-0.4, -0.2) is 15.7 Å². The standard InChI is InChI=1S/C14H11BrN2O3/c1-9(13-4-2-3-5-16-13)14(18)10-6-11(15)8-12(7-10)17(19)20/h2-9H,1H3. The molecule has 0 aliphatic heterocycles. The summed E-state index contributed by atoms with van der Waals surface area (Å²) in [6, 6.07) is 9.55. The number of rotatable bonds is 4. The van der Waals surface area contributed by atoms with Crippen LogP contribution in [0.15, 0.2) is 47.1 Å². The third-order valence-electron chi connectivity index (χ3n) is 2.90. The topological polar surface area (TPSA) is 73.1 Å². The van der Waals surface area contributed by atoms with Crippen LogP contribution in [-0.2, 0) is 0 Å². The van der Waals surface area contributed by atoms with E-state index in [1.807, 2.05) is 0 Å². The van der Waals surface area contributed by atoms with E-state index in [2.05, 4.69) is 20.9 Å². The Labute approximate surface area is 123 Å². The molecule has 0 aliphatic carbocycles. The van der Waals surface area contributed by atoms with Gasteiger partial charge in [0.25, 0.3) is 5.69 Å². The molecular formula is C14H11BrN2O3. The Morgan fingerprint density at radius 1 is 1.35 bits per heavy atom. The molecule has 0 fully saturated rings. The number of hydrogen-bond donors (Lipinski definition) is 0. The molecule has 0 saturated carbocycles. The first-order valence-corrected chi connectivity index (χ1v) is 6.68. The Morgan fingerprint density at radius 2 is 2.10 bits per heavy atom. The predicted molar refractivity (Wildman–Crippen MR) is 77.8 cm³/mol. The maximum Gasteiger partial charge on any atom is 0.271 e. The molecule has 0 radical (unpaired) electrons. The number of pyridine rings is 1. The molecule has 2 rings (SSSR count). The Kier molecular flexibility index (Phi) is 4.24. The summed E-state index contributed by atoms with van der Waals surface area (Å²) in [4.78, 5) is 26.8. The highest BCUT2D eigenvalue weighted by molar-refractivity contribution is 9.10. The number of aromatic nitrogens is 1. The fourth-order valence-electron chi connectivity index (χ4n) is 1.84. The zero-order valence-electron chi connectivity index (χ0n) is 10.6. The number of halogens is 1. The van der Waals surface area contributed by atoms with Gasteiger partial charge in [0.05, 0.1) is 16.5 Å². The third kappa shape index (κ3) is 3.08. The van der Waals surface area contributed by atoms with Gasteiger partial charge in [-0.1, -0.05) is 22.0 Å². The second kappa shape index (κ2) is 5.92. The van der Waals surface area contributed by atoms with E-state index in [0.717, 1.165) is 0 Å². The first kappa shape index (κ1) is 14.3. The molecule has 0 saturated heterocycles. The van der Waals surface area contributed by atoms with E-state index in [9.17, 15) is 14.9 Å². The van der Waals surface area contributed by atoms with Gasteiger partial charge in [-0.25, -0.2) is 0 Å². The minimum absolute atomic E-state index is 0.115. The third-order valence-corrected chi connectivity index (χ3v) is 3.36. The van der Waals surface area contributed by atoms with Crippen molar-refractivity contribution in [1.82, 2.24) is 4.98 Å². The van der Waals surface area contributed by atoms with Crippen LogP contribution in [0.5, 0.6) is 0 Å². The number of non-ortho nitro benzene ring substituents is 1. The van der Waals surface area contributed by atoms with Gasteiger partial charge >= 0.3 is 0 Å². The number of hydrogen-bond acceptors (Lipinski definition) is 4. The van der Waals surface area contributed by atoms with E-state index in [4.69, 9.17) is 0 Å². The van der Waals surface area contributed by atoms with Gasteiger partial charge in [0.1, 0.15) is 0 Å². The summed E-state index contributed by atoms with van der Waals surface area (Å²) in [5.74, 6) is -0.654. The lowest BCUT2D eigenvalue weighted by Gasteiger charge is -2.10. The highest BCUT2D eigenvalue weighted by Gasteiger charge is 2.21. The molecule has 1 aromatic heterocycles. The van der Waals surface area contributed by atoms with Crippen LogP contribution in [0.3, 0.4) is 0 Å². The first-order chi connectivity index (χ1) is 9.49. The van der Waals surface area contributed by atoms with E-state index in [0.29, 0.717) is 15.7 Å². The fraction of sp³-hybridized carbons (Fsp3) is 0.143. The van der Waals surface area contributed by atoms with E-state index in [-0.39, 0.29) is 11.5 Å². The summed E-state index contributed by atoms with van der Waals surface area (Å²) in [6.07, 6.45) is 1.61. The summed E-state index contributed by atoms with van der Waals surface area (Å²) < 4.78 is 0.503. The van der Waals surface area contributed by atoms with Gasteiger partial charge in [-0.05, 0) is 25.1 Å². The van der Waals surface area contributed by atoms with Crippen molar-refractivity contribution >= 4 is 27.4 Å². The number of nitro groups is 1. The molecule has 1 aromatic carbocycles. The second-order valence-electron chi connectivity index (χ2n) is 4.30. The van der Waals surface area contributed by atoms with Gasteiger partial charge < -0.3 is 0 Å². The van der Waals surface area contributed by atoms with Crippen molar-refractivity contribution in [3.05, 3.63) is 68.4 Å². The average molecular weight is 335 g/mol. The molecule has 2 aromatic rings. The molecule has 1 atom stereocenters. The number of nitrogens with zero attached hydrogens (tertiary/aromatic N) is 2. The smallest absolute Gasteiger partial charge is 0.271 e. The van der Waals surface area contributed by atoms with Crippen molar-refractivity contribution in [2.75, 3.05) is 0 Å². The second-order valence-corrected chi connectivity index (χ2v) is 5.21. The van der Waals surface area contributed by atoms with Crippen molar-refractivity contribution in [1.29, 1.82) is 0 Å². The van der Waals surface area contributed by atoms with Gasteiger partial charge in [-0.2, -0.15) is 0 Å². The maximum absolute atomic E-state index is 12.4. The quantitative estimate of drug-likeness (QED) is 0.485. The molecule has 0 bridgehead atoms. The molecule has 1 heterocycles. The largest absolute Gasteiger partial charge is 0.293 e. The summed E-state index contributed by atoms with van der Waals surface area (Å²) in [6.45, 7) is 1.73. The van der Waals surface area contributed by atoms with E-state index < -0.39 is 10.8 Å². The fourth-order valence-corrected chi connectivity index (χ4v) is 2.32. The van der Waals surface area contributed by atoms with Gasteiger partial charge in [-0.3, -0.25) is 19.9 Å². The average Bonchev–Trinajstić information content (AvgIpc) is 2.46. The molecule has 0 amide bonds. The van der Waals surface area contributed by atoms with Crippen molar-refractivity contribution < 1.29 is 9.72 Å². The highest BCUT2D eigenvalue weighted by Crippen LogP contribution is 2.25. The van der Waals surface area contributed by atoms with Crippen LogP contribution in [0.2, 0.25) is 0 Å². The summed E-state index contributed by atoms with van der Waals surface area (Å²) >= 11 is 3.18. The zero-order chi connectivity index (χ0) is 14.7. The molecule has 5 nitrogen and oxygen atoms in total. The van der Waals surface area contributed by atoms with E-state index in [1.54, 1.807) is 37.4 Å². The van der Waals surface area contributed by atoms with Crippen LogP contribution in [0.4, 0.5) is 5.69 Å². The van der Waals surface area contributed by atoms with Crippen LogP contribution < -0.4 is 0 Å². The molecule has 20 heavy (non-hydrogen) atoms. The lowest BCUT2D eigenvalue weighted by atomic mass is 9.95. The summed E-state index contributed by atoms with van der Waals surface area (Å²) in [7, 11) is 0. The lowest BCUT2D eigenvalue weighted by Crippen LogP contribution is -2.11. The maximum atomic E-state index is 12.4. The summed E-state index contributed by atoms with van der Waals surface area (Å²) in [5, 5.41) is 10.8. The molecular weight excluding hydrogens is 324 g/mol. The molecule has 0 spiro atoms. The Balaban J connectivity index is 2.36. The molecule has 102 valence electrons. The summed E-state index contributed by atoms with van der Waals surface area (Å²) in [5.41, 5.74) is 0.820. The minimum Gasteiger partial charge on any atom is -0.293 e. The van der Waals surface area contributed by atoms with Crippen molar-refractivity contribution in [3.63, 3.8) is 0 Å². The van der Waals surface area contributed by atoms with Crippen molar-refractivity contribution in [2.45, 2.75) is 12.8 Å². The Bertz CT molecular complexity index is 659. The van der Waals surface area contributed by atoms with Crippen LogP contribution in [0.1, 0.15) is 28.9 Å². The molecule has 0 N–H and O–H groups in total. The van der Waals surface area contributed by atoms with Crippen molar-refractivity contribution in [3.8, 4) is 0 Å². The minimum atomic E-state index is -0.521. The van der Waals surface area contributed by atoms with Crippen LogP contribution >= 0.6 is 15.9 Å². The van der Waals surface area contributed by atoms with Gasteiger partial charge in [0.2, 0.25) is 0 Å². The SMILES string of the molecule is CC(C(=O)c1cc(Br)cc([N+](=O)[O-])c1)c1ccccn1. The van der Waals surface area contributed by atoms with E-state index in [1.165, 1.54) is 12.1 Å². The normalized spacial score (nSPS) is 11.9.